The van der Waals surface area contributed by atoms with Crippen LogP contribution in [0.3, 0.4) is 0 Å². The van der Waals surface area contributed by atoms with E-state index < -0.39 is 5.97 Å². The van der Waals surface area contributed by atoms with Gasteiger partial charge < -0.3 is 5.11 Å². The van der Waals surface area contributed by atoms with E-state index in [-0.39, 0.29) is 28.1 Å². The summed E-state index contributed by atoms with van der Waals surface area (Å²) in [6, 6.07) is 9.31. The Hall–Kier alpha value is -1.15. The molecule has 1 heterocycles. The molecule has 8 heteroatoms. The van der Waals surface area contributed by atoms with E-state index in [2.05, 4.69) is 15.5 Å². The second kappa shape index (κ2) is 6.55. The second-order valence-electron chi connectivity index (χ2n) is 2.89. The van der Waals surface area contributed by atoms with E-state index in [1.807, 2.05) is 30.3 Å². The molecule has 0 aliphatic heterocycles. The van der Waals surface area contributed by atoms with E-state index in [1.165, 1.54) is 4.68 Å². The Labute approximate surface area is 117 Å². The number of hydrogen-bond acceptors (Lipinski definition) is 5. The van der Waals surface area contributed by atoms with Gasteiger partial charge in [-0.05, 0) is 22.6 Å². The number of benzene rings is 1. The van der Waals surface area contributed by atoms with Gasteiger partial charge in [0.2, 0.25) is 5.16 Å². The van der Waals surface area contributed by atoms with Crippen LogP contribution in [0.15, 0.2) is 35.5 Å². The Morgan fingerprint density at radius 3 is 2.71 bits per heavy atom. The molecule has 17 heavy (non-hydrogen) atoms. The molecule has 0 aliphatic rings. The molecule has 1 radical (unpaired) electrons. The van der Waals surface area contributed by atoms with Crippen LogP contribution in [0.2, 0.25) is 0 Å². The number of tetrazole rings is 1. The molecule has 0 atom stereocenters. The fourth-order valence-corrected chi connectivity index (χ4v) is 1.74. The maximum Gasteiger partial charge on any atom is 0.313 e. The minimum absolute atomic E-state index is 0. The number of rotatable bonds is 4. The Balaban J connectivity index is 0.00000144. The number of para-hydroxylation sites is 1. The van der Waals surface area contributed by atoms with E-state index >= 15 is 0 Å². The van der Waals surface area contributed by atoms with E-state index in [1.54, 1.807) is 0 Å². The van der Waals surface area contributed by atoms with Crippen LogP contribution in [-0.2, 0) is 27.2 Å². The summed E-state index contributed by atoms with van der Waals surface area (Å²) in [5, 5.41) is 20.1. The minimum Gasteiger partial charge on any atom is -0.481 e. The van der Waals surface area contributed by atoms with Gasteiger partial charge in [0.1, 0.15) is 0 Å². The van der Waals surface area contributed by atoms with E-state index in [0.717, 1.165) is 17.4 Å². The standard InChI is InChI=1S/C9H8N4O2S.Ag/c14-8(15)6-16-9-10-11-12-13(9)7-4-2-1-3-5-7;/h1-5H,6H2,(H,14,15);. The van der Waals surface area contributed by atoms with Crippen molar-refractivity contribution in [1.29, 1.82) is 0 Å². The van der Waals surface area contributed by atoms with E-state index in [9.17, 15) is 4.79 Å². The fraction of sp³-hybridized carbons (Fsp3) is 0.111. The summed E-state index contributed by atoms with van der Waals surface area (Å²) in [6.45, 7) is 0. The first-order valence-electron chi connectivity index (χ1n) is 4.46. The van der Waals surface area contributed by atoms with Crippen molar-refractivity contribution >= 4 is 17.7 Å². The van der Waals surface area contributed by atoms with E-state index in [0.29, 0.717) is 5.16 Å². The summed E-state index contributed by atoms with van der Waals surface area (Å²) in [5.74, 6) is -0.958. The number of thioether (sulfide) groups is 1. The normalized spacial score (nSPS) is 9.65. The van der Waals surface area contributed by atoms with Crippen molar-refractivity contribution in [3.05, 3.63) is 30.3 Å². The zero-order chi connectivity index (χ0) is 11.4. The van der Waals surface area contributed by atoms with Gasteiger partial charge in [0.05, 0.1) is 11.4 Å². The third kappa shape index (κ3) is 3.67. The van der Waals surface area contributed by atoms with Crippen molar-refractivity contribution < 1.29 is 32.3 Å². The molecule has 1 aromatic carbocycles. The Morgan fingerprint density at radius 1 is 1.35 bits per heavy atom. The van der Waals surface area contributed by atoms with Crippen LogP contribution < -0.4 is 0 Å². The number of carbonyl (C=O) groups is 1. The van der Waals surface area contributed by atoms with Crippen molar-refractivity contribution in [2.75, 3.05) is 5.75 Å². The predicted molar refractivity (Wildman–Crippen MR) is 57.5 cm³/mol. The van der Waals surface area contributed by atoms with E-state index in [4.69, 9.17) is 5.11 Å². The summed E-state index contributed by atoms with van der Waals surface area (Å²) in [7, 11) is 0. The molecule has 0 spiro atoms. The quantitative estimate of drug-likeness (QED) is 0.654. The molecule has 0 aliphatic carbocycles. The average Bonchev–Trinajstić information content (AvgIpc) is 2.75. The molecule has 93 valence electrons. The number of hydrogen-bond donors (Lipinski definition) is 1. The first-order valence-corrected chi connectivity index (χ1v) is 5.44. The maximum atomic E-state index is 10.4. The summed E-state index contributed by atoms with van der Waals surface area (Å²) in [6.07, 6.45) is 0. The van der Waals surface area contributed by atoms with Crippen molar-refractivity contribution in [3.8, 4) is 5.69 Å². The van der Waals surface area contributed by atoms with Crippen LogP contribution >= 0.6 is 11.8 Å². The van der Waals surface area contributed by atoms with Crippen LogP contribution in [0, 0.1) is 0 Å². The minimum atomic E-state index is -0.896. The molecule has 0 amide bonds. The molecule has 6 nitrogen and oxygen atoms in total. The van der Waals surface area contributed by atoms with Crippen LogP contribution in [0.5, 0.6) is 0 Å². The molecule has 2 aromatic rings. The van der Waals surface area contributed by atoms with Gasteiger partial charge in [-0.3, -0.25) is 4.79 Å². The fourth-order valence-electron chi connectivity index (χ4n) is 1.13. The number of carboxylic acids is 1. The number of nitrogens with zero attached hydrogens (tertiary/aromatic N) is 4. The van der Waals surface area contributed by atoms with Crippen molar-refractivity contribution in [2.24, 2.45) is 0 Å². The molecule has 0 bridgehead atoms. The van der Waals surface area contributed by atoms with Crippen molar-refractivity contribution in [3.63, 3.8) is 0 Å². The molecule has 0 fully saturated rings. The summed E-state index contributed by atoms with van der Waals surface area (Å²) >= 11 is 1.08. The molecular weight excluding hydrogens is 336 g/mol. The molecule has 1 aromatic heterocycles. The molecular formula is C9H8AgN4O2S. The molecule has 0 saturated carbocycles. The van der Waals surface area contributed by atoms with Gasteiger partial charge in [-0.1, -0.05) is 30.0 Å². The largest absolute Gasteiger partial charge is 0.481 e. The first-order chi connectivity index (χ1) is 7.77. The second-order valence-corrected chi connectivity index (χ2v) is 3.83. The zero-order valence-electron chi connectivity index (χ0n) is 8.45. The van der Waals surface area contributed by atoms with Crippen LogP contribution in [0.1, 0.15) is 0 Å². The van der Waals surface area contributed by atoms with Gasteiger partial charge in [-0.25, -0.2) is 0 Å². The molecule has 0 unspecified atom stereocenters. The van der Waals surface area contributed by atoms with Gasteiger partial charge in [0, 0.05) is 22.4 Å². The summed E-state index contributed by atoms with van der Waals surface area (Å²) < 4.78 is 1.51. The third-order valence-corrected chi connectivity index (χ3v) is 2.67. The zero-order valence-corrected chi connectivity index (χ0v) is 10.7. The van der Waals surface area contributed by atoms with Crippen LogP contribution in [0.4, 0.5) is 0 Å². The van der Waals surface area contributed by atoms with Crippen molar-refractivity contribution in [1.82, 2.24) is 20.2 Å². The predicted octanol–water partition coefficient (Wildman–Crippen LogP) is 0.837. The van der Waals surface area contributed by atoms with Gasteiger partial charge in [-0.15, -0.1) is 5.10 Å². The Kier molecular flexibility index (Phi) is 5.36. The van der Waals surface area contributed by atoms with Gasteiger partial charge in [0.15, 0.2) is 0 Å². The van der Waals surface area contributed by atoms with Crippen LogP contribution in [-0.4, -0.2) is 37.0 Å². The summed E-state index contributed by atoms with van der Waals surface area (Å²) in [4.78, 5) is 10.4. The topological polar surface area (TPSA) is 80.9 Å². The average molecular weight is 344 g/mol. The maximum absolute atomic E-state index is 10.4. The van der Waals surface area contributed by atoms with Gasteiger partial charge >= 0.3 is 5.97 Å². The Bertz CT molecular complexity index is 491. The van der Waals surface area contributed by atoms with Crippen LogP contribution in [0.25, 0.3) is 5.69 Å². The number of aromatic nitrogens is 4. The number of aliphatic carboxylic acids is 1. The SMILES string of the molecule is O=C(O)CSc1nnnn1-c1ccccc1.[Ag]. The van der Waals surface area contributed by atoms with Gasteiger partial charge in [0.25, 0.3) is 0 Å². The monoisotopic (exact) mass is 343 g/mol. The molecule has 0 saturated heterocycles. The first kappa shape index (κ1) is 13.9. The third-order valence-electron chi connectivity index (χ3n) is 1.77. The Morgan fingerprint density at radius 2 is 2.06 bits per heavy atom. The smallest absolute Gasteiger partial charge is 0.313 e. The summed E-state index contributed by atoms with van der Waals surface area (Å²) in [5.41, 5.74) is 0.806. The van der Waals surface area contributed by atoms with Gasteiger partial charge in [-0.2, -0.15) is 4.68 Å². The molecule has 1 N–H and O–H groups in total. The molecule has 2 rings (SSSR count). The van der Waals surface area contributed by atoms with Crippen molar-refractivity contribution in [2.45, 2.75) is 5.16 Å². The number of carboxylic acid groups (broad SMARTS) is 1.